The molecule has 0 aliphatic carbocycles. The highest BCUT2D eigenvalue weighted by molar-refractivity contribution is 5.78. The summed E-state index contributed by atoms with van der Waals surface area (Å²) in [7, 11) is 0. The van der Waals surface area contributed by atoms with E-state index in [1.807, 2.05) is 44.2 Å². The Morgan fingerprint density at radius 2 is 1.78 bits per heavy atom. The number of anilines is 4. The van der Waals surface area contributed by atoms with Crippen LogP contribution in [0.25, 0.3) is 11.3 Å². The summed E-state index contributed by atoms with van der Waals surface area (Å²) in [5.41, 5.74) is 5.30. The van der Waals surface area contributed by atoms with Crippen molar-refractivity contribution in [3.05, 3.63) is 83.2 Å². The Hall–Kier alpha value is -4.64. The van der Waals surface area contributed by atoms with Crippen LogP contribution in [0.5, 0.6) is 0 Å². The summed E-state index contributed by atoms with van der Waals surface area (Å²) in [4.78, 5) is 8.80. The van der Waals surface area contributed by atoms with Gasteiger partial charge in [0.25, 0.3) is 0 Å². The first-order valence-corrected chi connectivity index (χ1v) is 9.82. The minimum atomic E-state index is 0.445. The first-order chi connectivity index (χ1) is 15.6. The second-order valence-corrected chi connectivity index (χ2v) is 7.14. The number of hydrogen-bond donors (Lipinski definition) is 3. The highest BCUT2D eigenvalue weighted by Gasteiger charge is 2.11. The van der Waals surface area contributed by atoms with Crippen molar-refractivity contribution in [2.24, 2.45) is 5.16 Å². The van der Waals surface area contributed by atoms with E-state index in [1.54, 1.807) is 30.5 Å². The largest absolute Gasteiger partial charge is 0.455 e. The van der Waals surface area contributed by atoms with E-state index in [0.29, 0.717) is 28.9 Å². The van der Waals surface area contributed by atoms with Crippen molar-refractivity contribution < 1.29 is 9.62 Å². The average molecular weight is 424 g/mol. The molecule has 0 aliphatic rings. The maximum atomic E-state index is 8.92. The van der Waals surface area contributed by atoms with Crippen molar-refractivity contribution in [2.45, 2.75) is 13.8 Å². The van der Waals surface area contributed by atoms with Gasteiger partial charge in [0.2, 0.25) is 5.95 Å². The lowest BCUT2D eigenvalue weighted by Gasteiger charge is -2.14. The van der Waals surface area contributed by atoms with Crippen molar-refractivity contribution in [3.63, 3.8) is 0 Å². The Bertz CT molecular complexity index is 1300. The topological polar surface area (TPSA) is 119 Å². The molecule has 4 rings (SSSR count). The van der Waals surface area contributed by atoms with Gasteiger partial charge < -0.3 is 20.3 Å². The molecular formula is C24H20N6O2. The highest BCUT2D eigenvalue weighted by atomic mass is 16.4. The molecule has 2 aromatic heterocycles. The summed E-state index contributed by atoms with van der Waals surface area (Å²) < 4.78 is 5.69. The molecule has 2 aromatic carbocycles. The predicted molar refractivity (Wildman–Crippen MR) is 123 cm³/mol. The number of aromatic nitrogens is 2. The van der Waals surface area contributed by atoms with Crippen molar-refractivity contribution in [3.8, 4) is 17.4 Å². The van der Waals surface area contributed by atoms with E-state index in [9.17, 15) is 0 Å². The van der Waals surface area contributed by atoms with Crippen molar-refractivity contribution >= 4 is 29.4 Å². The van der Waals surface area contributed by atoms with E-state index in [0.717, 1.165) is 28.1 Å². The molecule has 2 heterocycles. The number of nitrogens with one attached hydrogen (secondary N) is 2. The van der Waals surface area contributed by atoms with Crippen LogP contribution in [0.15, 0.2) is 70.4 Å². The summed E-state index contributed by atoms with van der Waals surface area (Å²) in [6.07, 6.45) is 2.92. The third-order valence-electron chi connectivity index (χ3n) is 4.81. The van der Waals surface area contributed by atoms with Gasteiger partial charge in [-0.3, -0.25) is 0 Å². The minimum Gasteiger partial charge on any atom is -0.455 e. The van der Waals surface area contributed by atoms with E-state index in [-0.39, 0.29) is 0 Å². The Kier molecular flexibility index (Phi) is 5.81. The Labute approximate surface area is 184 Å². The van der Waals surface area contributed by atoms with Gasteiger partial charge in [-0.25, -0.2) is 4.98 Å². The van der Waals surface area contributed by atoms with Crippen LogP contribution >= 0.6 is 0 Å². The summed E-state index contributed by atoms with van der Waals surface area (Å²) in [6, 6.07) is 18.6. The zero-order chi connectivity index (χ0) is 22.5. The standard InChI is InChI=1S/C24H20N6O2/c1-15-11-18(21-8-7-20(32-21)14-27-31)12-16(2)23(15)29-22-9-10-26-24(30-22)28-19-5-3-17(13-25)4-6-19/h3-12,14,31H,1-2H3,(H2,26,28,29,30)/b27-14+. The molecule has 8 heteroatoms. The first kappa shape index (κ1) is 20.6. The Morgan fingerprint density at radius 3 is 2.47 bits per heavy atom. The third kappa shape index (κ3) is 4.57. The quantitative estimate of drug-likeness (QED) is 0.212. The number of furan rings is 1. The zero-order valence-corrected chi connectivity index (χ0v) is 17.5. The lowest BCUT2D eigenvalue weighted by atomic mass is 10.0. The van der Waals surface area contributed by atoms with Crippen LogP contribution in [-0.4, -0.2) is 21.4 Å². The molecule has 0 spiro atoms. The van der Waals surface area contributed by atoms with E-state index < -0.39 is 0 Å². The number of aryl methyl sites for hydroxylation is 2. The van der Waals surface area contributed by atoms with Crippen molar-refractivity contribution in [2.75, 3.05) is 10.6 Å². The second kappa shape index (κ2) is 9.02. The lowest BCUT2D eigenvalue weighted by Crippen LogP contribution is -2.02. The van der Waals surface area contributed by atoms with E-state index in [1.165, 1.54) is 6.21 Å². The molecule has 0 amide bonds. The summed E-state index contributed by atoms with van der Waals surface area (Å²) in [5.74, 6) is 2.26. The van der Waals surface area contributed by atoms with Gasteiger partial charge in [-0.05, 0) is 79.6 Å². The number of rotatable bonds is 6. The highest BCUT2D eigenvalue weighted by Crippen LogP contribution is 2.31. The molecule has 0 fully saturated rings. The van der Waals surface area contributed by atoms with Gasteiger partial charge in [-0.15, -0.1) is 0 Å². The van der Waals surface area contributed by atoms with E-state index in [2.05, 4.69) is 31.8 Å². The molecule has 8 nitrogen and oxygen atoms in total. The Morgan fingerprint density at radius 1 is 1.03 bits per heavy atom. The fourth-order valence-corrected chi connectivity index (χ4v) is 3.31. The van der Waals surface area contributed by atoms with Gasteiger partial charge >= 0.3 is 0 Å². The molecule has 32 heavy (non-hydrogen) atoms. The minimum absolute atomic E-state index is 0.445. The molecule has 0 radical (unpaired) electrons. The molecule has 158 valence electrons. The molecule has 0 saturated heterocycles. The maximum Gasteiger partial charge on any atom is 0.229 e. The van der Waals surface area contributed by atoms with Crippen molar-refractivity contribution in [1.29, 1.82) is 5.26 Å². The molecular weight excluding hydrogens is 404 g/mol. The Balaban J connectivity index is 1.54. The molecule has 0 atom stereocenters. The van der Waals surface area contributed by atoms with Crippen LogP contribution in [0.1, 0.15) is 22.5 Å². The predicted octanol–water partition coefficient (Wildman–Crippen LogP) is 5.52. The van der Waals surface area contributed by atoms with Crippen LogP contribution in [0.3, 0.4) is 0 Å². The van der Waals surface area contributed by atoms with Crippen molar-refractivity contribution in [1.82, 2.24) is 9.97 Å². The molecule has 0 saturated carbocycles. The molecule has 4 aromatic rings. The summed E-state index contributed by atoms with van der Waals surface area (Å²) in [5, 5.41) is 27.1. The first-order valence-electron chi connectivity index (χ1n) is 9.82. The number of nitriles is 1. The van der Waals surface area contributed by atoms with Crippen LogP contribution in [0.2, 0.25) is 0 Å². The van der Waals surface area contributed by atoms with Crippen LogP contribution in [-0.2, 0) is 0 Å². The van der Waals surface area contributed by atoms with Crippen LogP contribution in [0, 0.1) is 25.2 Å². The number of oxime groups is 1. The van der Waals surface area contributed by atoms with Gasteiger partial charge in [-0.1, -0.05) is 5.16 Å². The third-order valence-corrected chi connectivity index (χ3v) is 4.81. The van der Waals surface area contributed by atoms with Gasteiger partial charge in [-0.2, -0.15) is 10.2 Å². The molecule has 0 bridgehead atoms. The molecule has 3 N–H and O–H groups in total. The maximum absolute atomic E-state index is 8.92. The zero-order valence-electron chi connectivity index (χ0n) is 17.5. The van der Waals surface area contributed by atoms with Crippen LogP contribution < -0.4 is 10.6 Å². The smallest absolute Gasteiger partial charge is 0.229 e. The molecule has 0 unspecified atom stereocenters. The SMILES string of the molecule is Cc1cc(-c2ccc(/C=N/O)o2)cc(C)c1Nc1ccnc(Nc2ccc(C#N)cc2)n1. The van der Waals surface area contributed by atoms with Gasteiger partial charge in [0, 0.05) is 23.1 Å². The van der Waals surface area contributed by atoms with E-state index in [4.69, 9.17) is 14.9 Å². The van der Waals surface area contributed by atoms with Gasteiger partial charge in [0.15, 0.2) is 0 Å². The second-order valence-electron chi connectivity index (χ2n) is 7.14. The number of hydrogen-bond acceptors (Lipinski definition) is 8. The number of nitrogens with zero attached hydrogens (tertiary/aromatic N) is 4. The number of benzene rings is 2. The average Bonchev–Trinajstić information content (AvgIpc) is 3.26. The molecule has 0 aliphatic heterocycles. The fraction of sp³-hybridized carbons (Fsp3) is 0.0833. The summed E-state index contributed by atoms with van der Waals surface area (Å²) >= 11 is 0. The monoisotopic (exact) mass is 424 g/mol. The van der Waals surface area contributed by atoms with Crippen LogP contribution in [0.4, 0.5) is 23.1 Å². The lowest BCUT2D eigenvalue weighted by molar-refractivity contribution is 0.321. The van der Waals surface area contributed by atoms with Gasteiger partial charge in [0.05, 0.1) is 11.6 Å². The fourth-order valence-electron chi connectivity index (χ4n) is 3.31. The van der Waals surface area contributed by atoms with Gasteiger partial charge in [0.1, 0.15) is 23.6 Å². The van der Waals surface area contributed by atoms with E-state index >= 15 is 0 Å². The normalized spacial score (nSPS) is 10.8. The summed E-state index contributed by atoms with van der Waals surface area (Å²) in [6.45, 7) is 4.02.